The van der Waals surface area contributed by atoms with Crippen LogP contribution in [0, 0.1) is 4.91 Å². The second kappa shape index (κ2) is 2.82. The van der Waals surface area contributed by atoms with E-state index in [2.05, 4.69) is 10.3 Å². The van der Waals surface area contributed by atoms with Crippen molar-refractivity contribution in [3.8, 4) is 0 Å². The normalized spacial score (nSPS) is 11.5. The molecular weight excluding hydrogens is 142 g/mol. The van der Waals surface area contributed by atoms with Crippen molar-refractivity contribution in [2.75, 3.05) is 6.54 Å². The van der Waals surface area contributed by atoms with Gasteiger partial charge in [-0.25, -0.2) is 0 Å². The minimum atomic E-state index is -0.300. The minimum Gasteiger partial charge on any atom is -0.265 e. The molecule has 0 atom stereocenters. The molecule has 11 heavy (non-hydrogen) atoms. The summed E-state index contributed by atoms with van der Waals surface area (Å²) in [6, 6.07) is 1.83. The first kappa shape index (κ1) is 7.91. The van der Waals surface area contributed by atoms with E-state index in [0.717, 1.165) is 0 Å². The third kappa shape index (κ3) is 1.63. The lowest BCUT2D eigenvalue weighted by molar-refractivity contribution is 0.330. The van der Waals surface area contributed by atoms with E-state index in [0.29, 0.717) is 0 Å². The van der Waals surface area contributed by atoms with E-state index in [1.807, 2.05) is 26.1 Å². The zero-order valence-corrected chi connectivity index (χ0v) is 6.69. The van der Waals surface area contributed by atoms with E-state index >= 15 is 0 Å². The first-order valence-corrected chi connectivity index (χ1v) is 3.46. The van der Waals surface area contributed by atoms with Crippen LogP contribution in [0.5, 0.6) is 0 Å². The number of aromatic nitrogens is 2. The molecule has 0 amide bonds. The molecule has 0 aromatic carbocycles. The van der Waals surface area contributed by atoms with Crippen molar-refractivity contribution in [3.05, 3.63) is 23.4 Å². The van der Waals surface area contributed by atoms with Crippen molar-refractivity contribution in [1.82, 2.24) is 9.78 Å². The second-order valence-corrected chi connectivity index (χ2v) is 3.05. The Labute approximate surface area is 65.2 Å². The summed E-state index contributed by atoms with van der Waals surface area (Å²) in [6.07, 6.45) is 3.51. The minimum absolute atomic E-state index is 0.245. The van der Waals surface area contributed by atoms with E-state index < -0.39 is 0 Å². The van der Waals surface area contributed by atoms with Gasteiger partial charge in [-0.05, 0) is 19.9 Å². The fourth-order valence-electron chi connectivity index (χ4n) is 0.857. The average Bonchev–Trinajstić information content (AvgIpc) is 2.37. The molecule has 4 nitrogen and oxygen atoms in total. The summed E-state index contributed by atoms with van der Waals surface area (Å²) in [5.41, 5.74) is -0.300. The van der Waals surface area contributed by atoms with Gasteiger partial charge in [0.1, 0.15) is 6.54 Å². The molecule has 0 aliphatic carbocycles. The summed E-state index contributed by atoms with van der Waals surface area (Å²) < 4.78 is 1.73. The smallest absolute Gasteiger partial charge is 0.106 e. The Morgan fingerprint density at radius 2 is 2.36 bits per heavy atom. The Balaban J connectivity index is 2.81. The largest absolute Gasteiger partial charge is 0.265 e. The van der Waals surface area contributed by atoms with Crippen LogP contribution in [-0.2, 0) is 5.54 Å². The highest BCUT2D eigenvalue weighted by Crippen LogP contribution is 2.12. The van der Waals surface area contributed by atoms with Crippen LogP contribution in [0.15, 0.2) is 23.6 Å². The number of nitroso groups, excluding NO2 is 1. The van der Waals surface area contributed by atoms with Gasteiger partial charge >= 0.3 is 0 Å². The average molecular weight is 153 g/mol. The predicted octanol–water partition coefficient (Wildman–Crippen LogP) is 1.38. The van der Waals surface area contributed by atoms with Crippen molar-refractivity contribution < 1.29 is 0 Å². The maximum absolute atomic E-state index is 10.0. The molecule has 0 fully saturated rings. The molecule has 0 aliphatic heterocycles. The van der Waals surface area contributed by atoms with Crippen molar-refractivity contribution in [1.29, 1.82) is 0 Å². The first-order chi connectivity index (χ1) is 5.17. The molecule has 60 valence electrons. The summed E-state index contributed by atoms with van der Waals surface area (Å²) in [7, 11) is 0. The SMILES string of the molecule is CC(C)(CN=O)n1cccn1. The third-order valence-electron chi connectivity index (χ3n) is 1.58. The van der Waals surface area contributed by atoms with Gasteiger partial charge in [-0.2, -0.15) is 10.0 Å². The Morgan fingerprint density at radius 1 is 1.64 bits per heavy atom. The van der Waals surface area contributed by atoms with Crippen molar-refractivity contribution in [3.63, 3.8) is 0 Å². The molecule has 1 aromatic rings. The van der Waals surface area contributed by atoms with Gasteiger partial charge in [0.05, 0.1) is 5.54 Å². The van der Waals surface area contributed by atoms with Crippen LogP contribution in [0.2, 0.25) is 0 Å². The number of rotatable bonds is 3. The summed E-state index contributed by atoms with van der Waals surface area (Å²) in [4.78, 5) is 10.0. The molecule has 4 heteroatoms. The maximum Gasteiger partial charge on any atom is 0.106 e. The van der Waals surface area contributed by atoms with Crippen LogP contribution in [0.1, 0.15) is 13.8 Å². The molecule has 1 rings (SSSR count). The molecule has 0 aliphatic rings. The van der Waals surface area contributed by atoms with Gasteiger partial charge in [0.2, 0.25) is 0 Å². The summed E-state index contributed by atoms with van der Waals surface area (Å²) in [5, 5.41) is 6.88. The van der Waals surface area contributed by atoms with E-state index in [1.54, 1.807) is 10.9 Å². The van der Waals surface area contributed by atoms with Gasteiger partial charge in [0.15, 0.2) is 0 Å². The molecule has 0 spiro atoms. The first-order valence-electron chi connectivity index (χ1n) is 3.46. The van der Waals surface area contributed by atoms with Gasteiger partial charge < -0.3 is 0 Å². The quantitative estimate of drug-likeness (QED) is 0.616. The number of nitrogens with zero attached hydrogens (tertiary/aromatic N) is 3. The highest BCUT2D eigenvalue weighted by Gasteiger charge is 2.20. The van der Waals surface area contributed by atoms with Crippen LogP contribution in [0.4, 0.5) is 0 Å². The van der Waals surface area contributed by atoms with Crippen molar-refractivity contribution in [2.45, 2.75) is 19.4 Å². The monoisotopic (exact) mass is 153 g/mol. The molecular formula is C7H11N3O. The molecule has 0 bridgehead atoms. The maximum atomic E-state index is 10.0. The Kier molecular flexibility index (Phi) is 2.03. The number of hydrogen-bond donors (Lipinski definition) is 0. The lowest BCUT2D eigenvalue weighted by Crippen LogP contribution is -2.29. The Bertz CT molecular complexity index is 228. The zero-order chi connectivity index (χ0) is 8.32. The fraction of sp³-hybridized carbons (Fsp3) is 0.571. The van der Waals surface area contributed by atoms with Crippen LogP contribution >= 0.6 is 0 Å². The lowest BCUT2D eigenvalue weighted by atomic mass is 10.1. The van der Waals surface area contributed by atoms with E-state index in [1.165, 1.54) is 0 Å². The highest BCUT2D eigenvalue weighted by atomic mass is 16.3. The van der Waals surface area contributed by atoms with Gasteiger partial charge in [0, 0.05) is 12.4 Å². The van der Waals surface area contributed by atoms with Crippen LogP contribution in [-0.4, -0.2) is 16.3 Å². The third-order valence-corrected chi connectivity index (χ3v) is 1.58. The standard InChI is InChI=1S/C7H11N3O/c1-7(2,6-9-11)10-5-3-4-8-10/h3-5H,6H2,1-2H3. The van der Waals surface area contributed by atoms with E-state index in [9.17, 15) is 4.91 Å². The summed E-state index contributed by atoms with van der Waals surface area (Å²) in [5.74, 6) is 0. The van der Waals surface area contributed by atoms with Gasteiger partial charge in [-0.1, -0.05) is 5.18 Å². The van der Waals surface area contributed by atoms with Crippen LogP contribution < -0.4 is 0 Å². The Morgan fingerprint density at radius 3 is 2.82 bits per heavy atom. The topological polar surface area (TPSA) is 47.2 Å². The van der Waals surface area contributed by atoms with E-state index in [-0.39, 0.29) is 12.1 Å². The van der Waals surface area contributed by atoms with Crippen LogP contribution in [0.25, 0.3) is 0 Å². The predicted molar refractivity (Wildman–Crippen MR) is 42.2 cm³/mol. The molecule has 0 radical (unpaired) electrons. The van der Waals surface area contributed by atoms with E-state index in [4.69, 9.17) is 0 Å². The second-order valence-electron chi connectivity index (χ2n) is 3.05. The van der Waals surface area contributed by atoms with Gasteiger partial charge in [0.25, 0.3) is 0 Å². The Hall–Kier alpha value is -1.19. The number of hydrogen-bond acceptors (Lipinski definition) is 3. The molecule has 0 saturated carbocycles. The van der Waals surface area contributed by atoms with Crippen LogP contribution in [0.3, 0.4) is 0 Å². The summed E-state index contributed by atoms with van der Waals surface area (Å²) in [6.45, 7) is 4.08. The molecule has 1 aromatic heterocycles. The molecule has 1 heterocycles. The molecule has 0 unspecified atom stereocenters. The lowest BCUT2D eigenvalue weighted by Gasteiger charge is -2.21. The molecule has 0 N–H and O–H groups in total. The van der Waals surface area contributed by atoms with Gasteiger partial charge in [-0.3, -0.25) is 4.68 Å². The molecule has 0 saturated heterocycles. The summed E-state index contributed by atoms with van der Waals surface area (Å²) >= 11 is 0. The van der Waals surface area contributed by atoms with Crippen molar-refractivity contribution in [2.24, 2.45) is 5.18 Å². The zero-order valence-electron chi connectivity index (χ0n) is 6.69. The van der Waals surface area contributed by atoms with Crippen molar-refractivity contribution >= 4 is 0 Å². The highest BCUT2D eigenvalue weighted by molar-refractivity contribution is 4.86. The fourth-order valence-corrected chi connectivity index (χ4v) is 0.857. The van der Waals surface area contributed by atoms with Gasteiger partial charge in [-0.15, -0.1) is 0 Å².